The minimum absolute atomic E-state index is 0.00547. The van der Waals surface area contributed by atoms with Gasteiger partial charge in [0, 0.05) is 23.1 Å². The topological polar surface area (TPSA) is 62.5 Å². The van der Waals surface area contributed by atoms with Crippen molar-refractivity contribution >= 4 is 5.91 Å². The normalized spacial score (nSPS) is 21.4. The third kappa shape index (κ3) is 2.90. The van der Waals surface area contributed by atoms with Crippen LogP contribution >= 0.6 is 0 Å². The molecule has 1 aromatic heterocycles. The first-order valence-corrected chi connectivity index (χ1v) is 7.13. The van der Waals surface area contributed by atoms with Crippen LogP contribution in [0.3, 0.4) is 0 Å². The first kappa shape index (κ1) is 15.1. The number of aliphatic hydroxyl groups is 1. The third-order valence-corrected chi connectivity index (χ3v) is 3.68. The Morgan fingerprint density at radius 1 is 1.40 bits per heavy atom. The molecule has 0 aliphatic heterocycles. The van der Waals surface area contributed by atoms with Crippen LogP contribution in [0.25, 0.3) is 0 Å². The van der Waals surface area contributed by atoms with Crippen molar-refractivity contribution in [2.24, 2.45) is 5.41 Å². The number of amides is 1. The fraction of sp³-hybridized carbons (Fsp3) is 0.688. The lowest BCUT2D eigenvalue weighted by Crippen LogP contribution is -2.40. The molecule has 4 nitrogen and oxygen atoms in total. The number of rotatable bonds is 1. The lowest BCUT2D eigenvalue weighted by atomic mass is 9.75. The van der Waals surface area contributed by atoms with Crippen LogP contribution in [0.5, 0.6) is 0 Å². The maximum Gasteiger partial charge on any atom is 0.287 e. The van der Waals surface area contributed by atoms with Crippen LogP contribution in [-0.2, 0) is 6.42 Å². The summed E-state index contributed by atoms with van der Waals surface area (Å²) in [5.41, 5.74) is 1.26. The van der Waals surface area contributed by atoms with Crippen LogP contribution in [0.15, 0.2) is 4.42 Å². The van der Waals surface area contributed by atoms with Gasteiger partial charge in [0.25, 0.3) is 5.91 Å². The van der Waals surface area contributed by atoms with Gasteiger partial charge in [0.2, 0.25) is 0 Å². The summed E-state index contributed by atoms with van der Waals surface area (Å²) in [7, 11) is 0. The second-order valence-corrected chi connectivity index (χ2v) is 7.66. The monoisotopic (exact) mass is 279 g/mol. The summed E-state index contributed by atoms with van der Waals surface area (Å²) in [5.74, 6) is 0.876. The molecule has 4 heteroatoms. The Labute approximate surface area is 120 Å². The minimum Gasteiger partial charge on any atom is -0.455 e. The van der Waals surface area contributed by atoms with Crippen LogP contribution < -0.4 is 5.32 Å². The van der Waals surface area contributed by atoms with E-state index in [1.807, 2.05) is 27.7 Å². The summed E-state index contributed by atoms with van der Waals surface area (Å²) >= 11 is 0. The van der Waals surface area contributed by atoms with E-state index < -0.39 is 6.10 Å². The fourth-order valence-electron chi connectivity index (χ4n) is 2.90. The quantitative estimate of drug-likeness (QED) is 0.830. The number of aliphatic hydroxyl groups excluding tert-OH is 1. The summed E-state index contributed by atoms with van der Waals surface area (Å²) in [6, 6.07) is 0. The fourth-order valence-corrected chi connectivity index (χ4v) is 2.90. The Balaban J connectivity index is 2.38. The van der Waals surface area contributed by atoms with E-state index in [2.05, 4.69) is 19.2 Å². The molecule has 112 valence electrons. The standard InChI is InChI=1S/C16H25NO3/c1-9-12-10(18)7-16(5,6)8-11(12)20-13(9)14(19)17-15(2,3)4/h10,18H,7-8H2,1-6H3,(H,17,19)/t10-/m0/s1. The molecule has 1 aliphatic rings. The first-order chi connectivity index (χ1) is 9.00. The number of fused-ring (bicyclic) bond motifs is 1. The third-order valence-electron chi connectivity index (χ3n) is 3.68. The van der Waals surface area contributed by atoms with Gasteiger partial charge >= 0.3 is 0 Å². The Morgan fingerprint density at radius 3 is 2.55 bits per heavy atom. The zero-order valence-corrected chi connectivity index (χ0v) is 13.3. The number of carbonyl (C=O) groups is 1. The van der Waals surface area contributed by atoms with Gasteiger partial charge in [-0.1, -0.05) is 13.8 Å². The number of hydrogen-bond donors (Lipinski definition) is 2. The zero-order chi connectivity index (χ0) is 15.3. The van der Waals surface area contributed by atoms with Gasteiger partial charge in [-0.05, 0) is 39.5 Å². The van der Waals surface area contributed by atoms with Crippen molar-refractivity contribution in [1.29, 1.82) is 0 Å². The van der Waals surface area contributed by atoms with Crippen molar-refractivity contribution in [1.82, 2.24) is 5.32 Å². The van der Waals surface area contributed by atoms with Gasteiger partial charge in [-0.25, -0.2) is 0 Å². The highest BCUT2D eigenvalue weighted by molar-refractivity contribution is 5.93. The van der Waals surface area contributed by atoms with Crippen LogP contribution in [0.1, 0.15) is 74.6 Å². The molecule has 0 unspecified atom stereocenters. The van der Waals surface area contributed by atoms with E-state index >= 15 is 0 Å². The van der Waals surface area contributed by atoms with Gasteiger partial charge in [-0.15, -0.1) is 0 Å². The number of nitrogens with one attached hydrogen (secondary N) is 1. The van der Waals surface area contributed by atoms with E-state index in [0.29, 0.717) is 12.2 Å². The smallest absolute Gasteiger partial charge is 0.287 e. The summed E-state index contributed by atoms with van der Waals surface area (Å²) in [6.45, 7) is 11.8. The van der Waals surface area contributed by atoms with E-state index in [1.165, 1.54) is 0 Å². The summed E-state index contributed by atoms with van der Waals surface area (Å²) in [5, 5.41) is 13.2. The molecule has 0 saturated carbocycles. The molecule has 0 radical (unpaired) electrons. The predicted molar refractivity (Wildman–Crippen MR) is 77.7 cm³/mol. The van der Waals surface area contributed by atoms with E-state index in [1.54, 1.807) is 0 Å². The first-order valence-electron chi connectivity index (χ1n) is 7.13. The lowest BCUT2D eigenvalue weighted by molar-refractivity contribution is 0.0862. The van der Waals surface area contributed by atoms with Crippen molar-refractivity contribution < 1.29 is 14.3 Å². The zero-order valence-electron chi connectivity index (χ0n) is 13.3. The molecule has 1 heterocycles. The van der Waals surface area contributed by atoms with Crippen molar-refractivity contribution in [3.05, 3.63) is 22.6 Å². The molecular formula is C16H25NO3. The van der Waals surface area contributed by atoms with E-state index in [4.69, 9.17) is 4.42 Å². The lowest BCUT2D eigenvalue weighted by Gasteiger charge is -2.31. The number of hydrogen-bond acceptors (Lipinski definition) is 3. The van der Waals surface area contributed by atoms with Gasteiger partial charge in [0.05, 0.1) is 6.10 Å². The second kappa shape index (κ2) is 4.62. The van der Waals surface area contributed by atoms with Gasteiger partial charge in [0.15, 0.2) is 5.76 Å². The maximum atomic E-state index is 12.3. The number of furan rings is 1. The molecule has 0 spiro atoms. The summed E-state index contributed by atoms with van der Waals surface area (Å²) in [6.07, 6.45) is 0.901. The Hall–Kier alpha value is -1.29. The minimum atomic E-state index is -0.548. The molecule has 1 atom stereocenters. The largest absolute Gasteiger partial charge is 0.455 e. The average Bonchev–Trinajstić information content (AvgIpc) is 2.50. The maximum absolute atomic E-state index is 12.3. The molecule has 0 saturated heterocycles. The molecule has 1 amide bonds. The summed E-state index contributed by atoms with van der Waals surface area (Å²) in [4.78, 5) is 12.3. The van der Waals surface area contributed by atoms with E-state index in [-0.39, 0.29) is 16.9 Å². The molecule has 0 aromatic carbocycles. The highest BCUT2D eigenvalue weighted by Gasteiger charge is 2.37. The van der Waals surface area contributed by atoms with Crippen LogP contribution in [0, 0.1) is 12.3 Å². The van der Waals surface area contributed by atoms with Crippen molar-refractivity contribution in [3.8, 4) is 0 Å². The van der Waals surface area contributed by atoms with Crippen LogP contribution in [0.2, 0.25) is 0 Å². The summed E-state index contributed by atoms with van der Waals surface area (Å²) < 4.78 is 5.78. The van der Waals surface area contributed by atoms with Gasteiger partial charge in [-0.2, -0.15) is 0 Å². The molecule has 20 heavy (non-hydrogen) atoms. The van der Waals surface area contributed by atoms with E-state index in [9.17, 15) is 9.90 Å². The molecule has 2 rings (SSSR count). The SMILES string of the molecule is Cc1c(C(=O)NC(C)(C)C)oc2c1[C@@H](O)CC(C)(C)C2. The average molecular weight is 279 g/mol. The van der Waals surface area contributed by atoms with Gasteiger partial charge in [-0.3, -0.25) is 4.79 Å². The Morgan fingerprint density at radius 2 is 2.00 bits per heavy atom. The van der Waals surface area contributed by atoms with Crippen molar-refractivity contribution in [2.45, 2.75) is 66.0 Å². The number of carbonyl (C=O) groups excluding carboxylic acids is 1. The molecule has 2 N–H and O–H groups in total. The second-order valence-electron chi connectivity index (χ2n) is 7.66. The molecule has 0 bridgehead atoms. The molecular weight excluding hydrogens is 254 g/mol. The molecule has 1 aliphatic carbocycles. The highest BCUT2D eigenvalue weighted by Crippen LogP contribution is 2.43. The van der Waals surface area contributed by atoms with Crippen molar-refractivity contribution in [3.63, 3.8) is 0 Å². The van der Waals surface area contributed by atoms with Crippen molar-refractivity contribution in [2.75, 3.05) is 0 Å². The Kier molecular flexibility index (Phi) is 3.49. The highest BCUT2D eigenvalue weighted by atomic mass is 16.4. The van der Waals surface area contributed by atoms with E-state index in [0.717, 1.165) is 23.3 Å². The molecule has 0 fully saturated rings. The van der Waals surface area contributed by atoms with Gasteiger partial charge < -0.3 is 14.8 Å². The predicted octanol–water partition coefficient (Wildman–Crippen LogP) is 3.12. The Bertz CT molecular complexity index is 535. The van der Waals surface area contributed by atoms with Gasteiger partial charge in [0.1, 0.15) is 5.76 Å². The van der Waals surface area contributed by atoms with Crippen LogP contribution in [0.4, 0.5) is 0 Å². The molecule has 1 aromatic rings. The van der Waals surface area contributed by atoms with Crippen LogP contribution in [-0.4, -0.2) is 16.6 Å².